The molecule has 0 aromatic heterocycles. The minimum atomic E-state index is -0.443. The van der Waals surface area contributed by atoms with Crippen LogP contribution in [0.2, 0.25) is 5.02 Å². The highest BCUT2D eigenvalue weighted by atomic mass is 35.5. The second-order valence-corrected chi connectivity index (χ2v) is 5.74. The first-order valence-electron chi connectivity index (χ1n) is 7.83. The van der Waals surface area contributed by atoms with Crippen LogP contribution in [0, 0.1) is 0 Å². The van der Waals surface area contributed by atoms with Crippen molar-refractivity contribution in [2.75, 3.05) is 33.5 Å². The lowest BCUT2D eigenvalue weighted by Crippen LogP contribution is -2.12. The van der Waals surface area contributed by atoms with Gasteiger partial charge in [0, 0.05) is 29.5 Å². The maximum absolute atomic E-state index is 11.4. The van der Waals surface area contributed by atoms with Crippen molar-refractivity contribution in [2.24, 2.45) is 0 Å². The zero-order valence-electron chi connectivity index (χ0n) is 14.3. The van der Waals surface area contributed by atoms with E-state index in [0.717, 1.165) is 10.8 Å². The first kappa shape index (κ1) is 19.1. The average molecular weight is 365 g/mol. The lowest BCUT2D eigenvalue weighted by atomic mass is 10.1. The smallest absolute Gasteiger partial charge is 0.333 e. The van der Waals surface area contributed by atoms with Gasteiger partial charge in [0.2, 0.25) is 0 Å². The highest BCUT2D eigenvalue weighted by molar-refractivity contribution is 6.33. The second kappa shape index (κ2) is 9.30. The molecule has 0 bridgehead atoms. The van der Waals surface area contributed by atoms with Crippen molar-refractivity contribution in [1.29, 1.82) is 0 Å². The maximum Gasteiger partial charge on any atom is 0.333 e. The van der Waals surface area contributed by atoms with E-state index in [0.29, 0.717) is 35.3 Å². The van der Waals surface area contributed by atoms with Gasteiger partial charge in [0.25, 0.3) is 0 Å². The molecule has 0 fully saturated rings. The molecule has 0 unspecified atom stereocenters. The quantitative estimate of drug-likeness (QED) is 0.382. The summed E-state index contributed by atoms with van der Waals surface area (Å²) in [6, 6.07) is 9.36. The van der Waals surface area contributed by atoms with Crippen LogP contribution in [0.25, 0.3) is 10.8 Å². The summed E-state index contributed by atoms with van der Waals surface area (Å²) in [4.78, 5) is 11.4. The number of hydrogen-bond donors (Lipinski definition) is 0. The molecule has 0 saturated heterocycles. The van der Waals surface area contributed by atoms with Crippen LogP contribution in [0.1, 0.15) is 6.92 Å². The van der Waals surface area contributed by atoms with Gasteiger partial charge in [-0.25, -0.2) is 4.79 Å². The molecule has 25 heavy (non-hydrogen) atoms. The lowest BCUT2D eigenvalue weighted by Gasteiger charge is -2.15. The van der Waals surface area contributed by atoms with Crippen molar-refractivity contribution < 1.29 is 23.7 Å². The molecular weight excluding hydrogens is 344 g/mol. The summed E-state index contributed by atoms with van der Waals surface area (Å²) in [6.45, 7) is 6.33. The van der Waals surface area contributed by atoms with E-state index in [1.54, 1.807) is 20.1 Å². The zero-order valence-corrected chi connectivity index (χ0v) is 15.1. The van der Waals surface area contributed by atoms with Crippen molar-refractivity contribution in [3.8, 4) is 11.5 Å². The highest BCUT2D eigenvalue weighted by Gasteiger charge is 2.13. The molecule has 0 spiro atoms. The first-order valence-corrected chi connectivity index (χ1v) is 8.20. The average Bonchev–Trinajstić information content (AvgIpc) is 2.60. The molecule has 134 valence electrons. The van der Waals surface area contributed by atoms with E-state index in [-0.39, 0.29) is 13.2 Å². The first-order chi connectivity index (χ1) is 12.0. The van der Waals surface area contributed by atoms with Crippen molar-refractivity contribution in [1.82, 2.24) is 0 Å². The molecule has 0 aliphatic heterocycles. The standard InChI is InChI=1S/C19H21ClO5/c1-13(2)19(21)25-11-10-24-18-15-7-5-4-6-14(15)17(12-16(18)20)23-9-8-22-3/h4-7,12H,1,8-11H2,2-3H3. The Hall–Kier alpha value is -2.24. The van der Waals surface area contributed by atoms with Crippen LogP contribution in [0.15, 0.2) is 42.5 Å². The Morgan fingerprint density at radius 1 is 1.08 bits per heavy atom. The molecule has 0 saturated carbocycles. The lowest BCUT2D eigenvalue weighted by molar-refractivity contribution is -0.139. The number of methoxy groups -OCH3 is 1. The van der Waals surface area contributed by atoms with Crippen LogP contribution in [0.3, 0.4) is 0 Å². The van der Waals surface area contributed by atoms with Crippen molar-refractivity contribution in [2.45, 2.75) is 6.92 Å². The minimum absolute atomic E-state index is 0.114. The third-order valence-corrected chi connectivity index (χ3v) is 3.65. The van der Waals surface area contributed by atoms with Gasteiger partial charge in [-0.05, 0) is 6.92 Å². The monoisotopic (exact) mass is 364 g/mol. The predicted octanol–water partition coefficient (Wildman–Crippen LogP) is 4.02. The van der Waals surface area contributed by atoms with Gasteiger partial charge in [0.1, 0.15) is 31.3 Å². The van der Waals surface area contributed by atoms with E-state index in [1.165, 1.54) is 0 Å². The molecule has 0 atom stereocenters. The fourth-order valence-electron chi connectivity index (χ4n) is 2.19. The summed E-state index contributed by atoms with van der Waals surface area (Å²) in [5.41, 5.74) is 0.348. The largest absolute Gasteiger partial charge is 0.490 e. The Morgan fingerprint density at radius 2 is 1.76 bits per heavy atom. The van der Waals surface area contributed by atoms with Gasteiger partial charge in [-0.1, -0.05) is 42.4 Å². The van der Waals surface area contributed by atoms with E-state index in [4.69, 9.17) is 30.5 Å². The summed E-state index contributed by atoms with van der Waals surface area (Å²) < 4.78 is 21.5. The normalized spacial score (nSPS) is 10.5. The number of carbonyl (C=O) groups is 1. The number of fused-ring (bicyclic) bond motifs is 1. The van der Waals surface area contributed by atoms with Crippen LogP contribution in [-0.2, 0) is 14.3 Å². The molecule has 2 rings (SSSR count). The number of esters is 1. The Balaban J connectivity index is 2.14. The molecule has 0 aliphatic carbocycles. The number of ether oxygens (including phenoxy) is 4. The second-order valence-electron chi connectivity index (χ2n) is 5.34. The summed E-state index contributed by atoms with van der Waals surface area (Å²) >= 11 is 6.35. The number of halogens is 1. The van der Waals surface area contributed by atoms with E-state index >= 15 is 0 Å². The predicted molar refractivity (Wildman–Crippen MR) is 97.6 cm³/mol. The van der Waals surface area contributed by atoms with Crippen molar-refractivity contribution in [3.63, 3.8) is 0 Å². The Bertz CT molecular complexity index is 757. The van der Waals surface area contributed by atoms with Gasteiger partial charge in [-0.2, -0.15) is 0 Å². The van der Waals surface area contributed by atoms with Crippen LogP contribution >= 0.6 is 11.6 Å². The minimum Gasteiger partial charge on any atom is -0.490 e. The third-order valence-electron chi connectivity index (χ3n) is 3.37. The summed E-state index contributed by atoms with van der Waals surface area (Å²) in [7, 11) is 1.62. The van der Waals surface area contributed by atoms with Crippen LogP contribution in [-0.4, -0.2) is 39.5 Å². The van der Waals surface area contributed by atoms with Crippen molar-refractivity contribution in [3.05, 3.63) is 47.5 Å². The molecule has 5 nitrogen and oxygen atoms in total. The number of benzene rings is 2. The van der Waals surface area contributed by atoms with Gasteiger partial charge < -0.3 is 18.9 Å². The summed E-state index contributed by atoms with van der Waals surface area (Å²) in [5.74, 6) is 0.753. The SMILES string of the molecule is C=C(C)C(=O)OCCOc1c(Cl)cc(OCCOC)c2ccccc12. The van der Waals surface area contributed by atoms with Crippen molar-refractivity contribution >= 4 is 28.3 Å². The molecule has 0 N–H and O–H groups in total. The molecule has 2 aromatic rings. The van der Waals surface area contributed by atoms with E-state index in [2.05, 4.69) is 6.58 Å². The summed E-state index contributed by atoms with van der Waals surface area (Å²) in [5, 5.41) is 2.14. The molecule has 0 heterocycles. The molecule has 6 heteroatoms. The molecular formula is C19H21ClO5. The van der Waals surface area contributed by atoms with E-state index in [9.17, 15) is 4.79 Å². The van der Waals surface area contributed by atoms with Gasteiger partial charge in [0.05, 0.1) is 11.6 Å². The fourth-order valence-corrected chi connectivity index (χ4v) is 2.44. The van der Waals surface area contributed by atoms with Gasteiger partial charge in [0.15, 0.2) is 0 Å². The van der Waals surface area contributed by atoms with Crippen LogP contribution in [0.5, 0.6) is 11.5 Å². The van der Waals surface area contributed by atoms with E-state index < -0.39 is 5.97 Å². The van der Waals surface area contributed by atoms with Gasteiger partial charge in [-0.15, -0.1) is 0 Å². The van der Waals surface area contributed by atoms with Crippen LogP contribution < -0.4 is 9.47 Å². The third kappa shape index (κ3) is 5.11. The Labute approximate surface area is 152 Å². The number of hydrogen-bond acceptors (Lipinski definition) is 5. The molecule has 2 aromatic carbocycles. The highest BCUT2D eigenvalue weighted by Crippen LogP contribution is 2.39. The molecule has 0 amide bonds. The Morgan fingerprint density at radius 3 is 2.44 bits per heavy atom. The molecule has 0 radical (unpaired) electrons. The van der Waals surface area contributed by atoms with Gasteiger partial charge in [-0.3, -0.25) is 0 Å². The Kier molecular flexibility index (Phi) is 7.10. The maximum atomic E-state index is 11.4. The van der Waals surface area contributed by atoms with Gasteiger partial charge >= 0.3 is 5.97 Å². The molecule has 0 aliphatic rings. The summed E-state index contributed by atoms with van der Waals surface area (Å²) in [6.07, 6.45) is 0. The van der Waals surface area contributed by atoms with E-state index in [1.807, 2.05) is 24.3 Å². The fraction of sp³-hybridized carbons (Fsp3) is 0.316. The number of rotatable bonds is 9. The topological polar surface area (TPSA) is 54.0 Å². The van der Waals surface area contributed by atoms with Crippen LogP contribution in [0.4, 0.5) is 0 Å². The number of carbonyl (C=O) groups excluding carboxylic acids is 1. The zero-order chi connectivity index (χ0) is 18.2.